The Bertz CT molecular complexity index is 540. The molecule has 0 aliphatic rings. The summed E-state index contributed by atoms with van der Waals surface area (Å²) >= 11 is 0. The Morgan fingerprint density at radius 2 is 1.89 bits per heavy atom. The van der Waals surface area contributed by atoms with Crippen LogP contribution in [0.1, 0.15) is 36.8 Å². The number of imidazole rings is 1. The zero-order chi connectivity index (χ0) is 13.3. The van der Waals surface area contributed by atoms with Gasteiger partial charge in [0.1, 0.15) is 5.82 Å². The minimum absolute atomic E-state index is 0.0368. The van der Waals surface area contributed by atoms with Crippen LogP contribution in [0, 0.1) is 19.8 Å². The number of aromatic amines is 1. The second kappa shape index (κ2) is 4.94. The van der Waals surface area contributed by atoms with Gasteiger partial charge in [-0.1, -0.05) is 26.0 Å². The van der Waals surface area contributed by atoms with Crippen molar-refractivity contribution in [1.82, 2.24) is 9.97 Å². The maximum absolute atomic E-state index is 6.09. The summed E-state index contributed by atoms with van der Waals surface area (Å²) in [5, 5.41) is 0. The molecule has 0 aliphatic carbocycles. The van der Waals surface area contributed by atoms with Crippen LogP contribution in [0.5, 0.6) is 0 Å². The monoisotopic (exact) mass is 243 g/mol. The Hall–Kier alpha value is -1.61. The molecule has 0 bridgehead atoms. The number of hydrogen-bond donors (Lipinski definition) is 2. The number of benzene rings is 1. The van der Waals surface area contributed by atoms with Crippen molar-refractivity contribution in [2.75, 3.05) is 0 Å². The Morgan fingerprint density at radius 1 is 1.17 bits per heavy atom. The fourth-order valence-electron chi connectivity index (χ4n) is 1.88. The topological polar surface area (TPSA) is 54.7 Å². The summed E-state index contributed by atoms with van der Waals surface area (Å²) in [6.45, 7) is 8.44. The van der Waals surface area contributed by atoms with Gasteiger partial charge in [-0.05, 0) is 42.5 Å². The highest BCUT2D eigenvalue weighted by molar-refractivity contribution is 5.60. The fraction of sp³-hybridized carbons (Fsp3) is 0.400. The quantitative estimate of drug-likeness (QED) is 0.868. The molecule has 3 heteroatoms. The maximum atomic E-state index is 6.09. The van der Waals surface area contributed by atoms with Crippen LogP contribution in [-0.4, -0.2) is 9.97 Å². The van der Waals surface area contributed by atoms with Gasteiger partial charge in [0.15, 0.2) is 0 Å². The van der Waals surface area contributed by atoms with Crippen molar-refractivity contribution in [2.24, 2.45) is 11.7 Å². The van der Waals surface area contributed by atoms with Crippen molar-refractivity contribution in [3.8, 4) is 11.3 Å². The first-order chi connectivity index (χ1) is 8.49. The third kappa shape index (κ3) is 2.46. The van der Waals surface area contributed by atoms with E-state index in [9.17, 15) is 0 Å². The molecule has 0 amide bonds. The van der Waals surface area contributed by atoms with Gasteiger partial charge in [0.05, 0.1) is 17.9 Å². The van der Waals surface area contributed by atoms with E-state index in [0.29, 0.717) is 5.92 Å². The van der Waals surface area contributed by atoms with Gasteiger partial charge in [-0.2, -0.15) is 0 Å². The standard InChI is InChI=1S/C15H21N3/c1-9(2)14(16)15-17-8-13(18-15)12-6-5-10(3)11(4)7-12/h5-9,14H,16H2,1-4H3,(H,17,18). The van der Waals surface area contributed by atoms with Crippen LogP contribution in [0.25, 0.3) is 11.3 Å². The van der Waals surface area contributed by atoms with Gasteiger partial charge in [0, 0.05) is 0 Å². The molecule has 1 aromatic heterocycles. The van der Waals surface area contributed by atoms with Crippen LogP contribution in [-0.2, 0) is 0 Å². The van der Waals surface area contributed by atoms with Crippen LogP contribution in [0.15, 0.2) is 24.4 Å². The maximum Gasteiger partial charge on any atom is 0.123 e. The molecular weight excluding hydrogens is 222 g/mol. The molecule has 3 N–H and O–H groups in total. The molecule has 0 radical (unpaired) electrons. The van der Waals surface area contributed by atoms with E-state index in [0.717, 1.165) is 17.1 Å². The molecule has 0 saturated carbocycles. The molecule has 3 nitrogen and oxygen atoms in total. The molecule has 1 unspecified atom stereocenters. The molecular formula is C15H21N3. The molecule has 1 heterocycles. The van der Waals surface area contributed by atoms with Crippen LogP contribution >= 0.6 is 0 Å². The largest absolute Gasteiger partial charge is 0.341 e. The SMILES string of the molecule is Cc1ccc(-c2cnc(C(N)C(C)C)[nH]2)cc1C. The average Bonchev–Trinajstić information content (AvgIpc) is 2.81. The van der Waals surface area contributed by atoms with Gasteiger partial charge in [0.2, 0.25) is 0 Å². The molecule has 1 aromatic carbocycles. The zero-order valence-corrected chi connectivity index (χ0v) is 11.5. The lowest BCUT2D eigenvalue weighted by molar-refractivity contribution is 0.494. The molecule has 18 heavy (non-hydrogen) atoms. The van der Waals surface area contributed by atoms with Crippen LogP contribution in [0.3, 0.4) is 0 Å². The smallest absolute Gasteiger partial charge is 0.123 e. The van der Waals surface area contributed by atoms with E-state index < -0.39 is 0 Å². The van der Waals surface area contributed by atoms with Crippen LogP contribution in [0.4, 0.5) is 0 Å². The first kappa shape index (κ1) is 12.8. The van der Waals surface area contributed by atoms with Crippen molar-refractivity contribution >= 4 is 0 Å². The predicted molar refractivity (Wildman–Crippen MR) is 75.3 cm³/mol. The molecule has 96 valence electrons. The Labute approximate surface area is 108 Å². The highest BCUT2D eigenvalue weighted by Gasteiger charge is 2.14. The van der Waals surface area contributed by atoms with Crippen LogP contribution in [0.2, 0.25) is 0 Å². The third-order valence-electron chi connectivity index (χ3n) is 3.45. The summed E-state index contributed by atoms with van der Waals surface area (Å²) in [4.78, 5) is 7.71. The molecule has 2 rings (SSSR count). The van der Waals surface area contributed by atoms with E-state index in [4.69, 9.17) is 5.73 Å². The lowest BCUT2D eigenvalue weighted by Gasteiger charge is -2.12. The van der Waals surface area contributed by atoms with Gasteiger partial charge in [0.25, 0.3) is 0 Å². The van der Waals surface area contributed by atoms with E-state index in [1.165, 1.54) is 11.1 Å². The van der Waals surface area contributed by atoms with Gasteiger partial charge < -0.3 is 10.7 Å². The molecule has 0 spiro atoms. The van der Waals surface area contributed by atoms with Crippen molar-refractivity contribution in [3.05, 3.63) is 41.3 Å². The van der Waals surface area contributed by atoms with Gasteiger partial charge in [-0.3, -0.25) is 0 Å². The number of aromatic nitrogens is 2. The second-order valence-electron chi connectivity index (χ2n) is 5.25. The predicted octanol–water partition coefficient (Wildman–Crippen LogP) is 3.35. The summed E-state index contributed by atoms with van der Waals surface area (Å²) in [6, 6.07) is 6.38. The highest BCUT2D eigenvalue weighted by atomic mass is 15.0. The normalized spacial score (nSPS) is 13.0. The van der Waals surface area contributed by atoms with E-state index >= 15 is 0 Å². The molecule has 2 aromatic rings. The number of nitrogens with one attached hydrogen (secondary N) is 1. The number of rotatable bonds is 3. The summed E-state index contributed by atoms with van der Waals surface area (Å²) in [6.07, 6.45) is 1.86. The minimum atomic E-state index is -0.0368. The van der Waals surface area contributed by atoms with Crippen molar-refractivity contribution in [3.63, 3.8) is 0 Å². The van der Waals surface area contributed by atoms with Crippen molar-refractivity contribution < 1.29 is 0 Å². The van der Waals surface area contributed by atoms with E-state index in [2.05, 4.69) is 55.9 Å². The third-order valence-corrected chi connectivity index (χ3v) is 3.45. The zero-order valence-electron chi connectivity index (χ0n) is 11.5. The fourth-order valence-corrected chi connectivity index (χ4v) is 1.88. The second-order valence-corrected chi connectivity index (χ2v) is 5.25. The van der Waals surface area contributed by atoms with E-state index in [1.54, 1.807) is 0 Å². The summed E-state index contributed by atoms with van der Waals surface area (Å²) in [7, 11) is 0. The number of nitrogens with zero attached hydrogens (tertiary/aromatic N) is 1. The molecule has 0 aliphatic heterocycles. The summed E-state index contributed by atoms with van der Waals surface area (Å²) in [5.74, 6) is 1.24. The van der Waals surface area contributed by atoms with E-state index in [-0.39, 0.29) is 6.04 Å². The summed E-state index contributed by atoms with van der Waals surface area (Å²) in [5.41, 5.74) is 10.9. The average molecular weight is 243 g/mol. The first-order valence-corrected chi connectivity index (χ1v) is 6.37. The Morgan fingerprint density at radius 3 is 2.50 bits per heavy atom. The Balaban J connectivity index is 2.32. The number of aryl methyl sites for hydroxylation is 2. The number of H-pyrrole nitrogens is 1. The van der Waals surface area contributed by atoms with Crippen molar-refractivity contribution in [1.29, 1.82) is 0 Å². The van der Waals surface area contributed by atoms with Gasteiger partial charge >= 0.3 is 0 Å². The van der Waals surface area contributed by atoms with Crippen molar-refractivity contribution in [2.45, 2.75) is 33.7 Å². The van der Waals surface area contributed by atoms with E-state index in [1.807, 2.05) is 6.20 Å². The number of nitrogens with two attached hydrogens (primary N) is 1. The van der Waals surface area contributed by atoms with Crippen LogP contribution < -0.4 is 5.73 Å². The Kier molecular flexibility index (Phi) is 3.53. The van der Waals surface area contributed by atoms with Gasteiger partial charge in [-0.25, -0.2) is 4.98 Å². The number of hydrogen-bond acceptors (Lipinski definition) is 2. The first-order valence-electron chi connectivity index (χ1n) is 6.37. The van der Waals surface area contributed by atoms with Gasteiger partial charge in [-0.15, -0.1) is 0 Å². The lowest BCUT2D eigenvalue weighted by Crippen LogP contribution is -2.18. The molecule has 0 fully saturated rings. The highest BCUT2D eigenvalue weighted by Crippen LogP contribution is 2.23. The summed E-state index contributed by atoms with van der Waals surface area (Å²) < 4.78 is 0. The molecule has 1 atom stereocenters. The minimum Gasteiger partial charge on any atom is -0.341 e. The lowest BCUT2D eigenvalue weighted by atomic mass is 10.0. The molecule has 0 saturated heterocycles.